The maximum atomic E-state index is 7.08. The third kappa shape index (κ3) is 5.03. The van der Waals surface area contributed by atoms with Crippen LogP contribution in [-0.4, -0.2) is 8.32 Å². The van der Waals surface area contributed by atoms with Gasteiger partial charge in [0, 0.05) is 0 Å². The smallest absolute Gasteiger partial charge is 0.193 e. The molecule has 27 heavy (non-hydrogen) atoms. The Balaban J connectivity index is 2.48. The molecule has 1 aliphatic carbocycles. The van der Waals surface area contributed by atoms with Crippen LogP contribution in [0.1, 0.15) is 73.3 Å². The highest BCUT2D eigenvalue weighted by Crippen LogP contribution is 2.42. The highest BCUT2D eigenvalue weighted by molar-refractivity contribution is 6.73. The van der Waals surface area contributed by atoms with E-state index in [1.807, 2.05) is 0 Å². The van der Waals surface area contributed by atoms with Gasteiger partial charge in [0.05, 0.1) is 5.60 Å². The molecule has 0 bridgehead atoms. The van der Waals surface area contributed by atoms with Gasteiger partial charge in [0.15, 0.2) is 8.32 Å². The molecule has 0 saturated heterocycles. The molecular formula is C25H40OSi. The standard InChI is InChI=1S/C25H40OSi/c1-8-27(9-2,10-3)26-25(7,22-16-12-11-13-17-22)20-18-23-21(4)15-14-19-24(23,5)6/h11-13,16-18,20H,8-10,14-15,19H2,1-7H3/b20-18-. The van der Waals surface area contributed by atoms with Crippen molar-refractivity contribution >= 4 is 8.32 Å². The molecule has 0 radical (unpaired) electrons. The molecule has 1 aliphatic rings. The Hall–Kier alpha value is -1.12. The van der Waals surface area contributed by atoms with Crippen LogP contribution in [0.2, 0.25) is 18.1 Å². The highest BCUT2D eigenvalue weighted by atomic mass is 28.4. The summed E-state index contributed by atoms with van der Waals surface area (Å²) in [5.41, 5.74) is 4.21. The molecule has 0 saturated carbocycles. The summed E-state index contributed by atoms with van der Waals surface area (Å²) in [5.74, 6) is 0. The molecule has 1 unspecified atom stereocenters. The van der Waals surface area contributed by atoms with E-state index in [4.69, 9.17) is 4.43 Å². The van der Waals surface area contributed by atoms with E-state index in [1.54, 1.807) is 5.57 Å². The SMILES string of the molecule is CC[Si](CC)(CC)OC(C)(/C=C\C1=C(C)CCCC1(C)C)c1ccccc1. The Labute approximate surface area is 169 Å². The lowest BCUT2D eigenvalue weighted by atomic mass is 9.72. The topological polar surface area (TPSA) is 9.23 Å². The third-order valence-electron chi connectivity index (χ3n) is 6.82. The van der Waals surface area contributed by atoms with Crippen molar-refractivity contribution in [1.29, 1.82) is 0 Å². The van der Waals surface area contributed by atoms with Gasteiger partial charge in [-0.05, 0) is 73.9 Å². The minimum absolute atomic E-state index is 0.255. The number of benzene rings is 1. The zero-order chi connectivity index (χ0) is 20.1. The fourth-order valence-corrected chi connectivity index (χ4v) is 7.65. The first-order chi connectivity index (χ1) is 12.7. The largest absolute Gasteiger partial charge is 0.404 e. The Kier molecular flexibility index (Phi) is 7.32. The van der Waals surface area contributed by atoms with Crippen LogP contribution >= 0.6 is 0 Å². The van der Waals surface area contributed by atoms with Crippen LogP contribution < -0.4 is 0 Å². The van der Waals surface area contributed by atoms with Crippen LogP contribution in [0.25, 0.3) is 0 Å². The van der Waals surface area contributed by atoms with Gasteiger partial charge >= 0.3 is 0 Å². The summed E-state index contributed by atoms with van der Waals surface area (Å²) >= 11 is 0. The van der Waals surface area contributed by atoms with E-state index in [1.165, 1.54) is 48.5 Å². The molecule has 150 valence electrons. The molecule has 0 spiro atoms. The van der Waals surface area contributed by atoms with Crippen LogP contribution in [0, 0.1) is 5.41 Å². The number of hydrogen-bond donors (Lipinski definition) is 0. The van der Waals surface area contributed by atoms with Crippen molar-refractivity contribution < 1.29 is 4.43 Å². The van der Waals surface area contributed by atoms with E-state index in [2.05, 4.69) is 91.0 Å². The molecule has 0 aliphatic heterocycles. The van der Waals surface area contributed by atoms with Gasteiger partial charge in [-0.15, -0.1) is 0 Å². The minimum atomic E-state index is -1.74. The number of rotatable bonds is 8. The van der Waals surface area contributed by atoms with Crippen molar-refractivity contribution in [2.45, 2.75) is 91.5 Å². The number of hydrogen-bond acceptors (Lipinski definition) is 1. The van der Waals surface area contributed by atoms with Crippen molar-refractivity contribution in [3.05, 3.63) is 59.2 Å². The molecule has 1 aromatic rings. The van der Waals surface area contributed by atoms with Gasteiger partial charge in [-0.2, -0.15) is 0 Å². The zero-order valence-electron chi connectivity index (χ0n) is 18.7. The molecule has 2 rings (SSSR count). The first kappa shape index (κ1) is 22.2. The Morgan fingerprint density at radius 1 is 1.07 bits per heavy atom. The van der Waals surface area contributed by atoms with Gasteiger partial charge in [0.25, 0.3) is 0 Å². The summed E-state index contributed by atoms with van der Waals surface area (Å²) in [6.07, 6.45) is 8.55. The second-order valence-corrected chi connectivity index (χ2v) is 13.8. The van der Waals surface area contributed by atoms with Crippen LogP contribution in [0.3, 0.4) is 0 Å². The summed E-state index contributed by atoms with van der Waals surface area (Å²) in [7, 11) is -1.74. The van der Waals surface area contributed by atoms with Gasteiger partial charge in [0.1, 0.15) is 0 Å². The summed E-state index contributed by atoms with van der Waals surface area (Å²) in [6.45, 7) is 16.3. The first-order valence-corrected chi connectivity index (χ1v) is 13.4. The lowest BCUT2D eigenvalue weighted by Gasteiger charge is -2.40. The molecule has 2 heteroatoms. The van der Waals surface area contributed by atoms with Crippen molar-refractivity contribution in [1.82, 2.24) is 0 Å². The van der Waals surface area contributed by atoms with Gasteiger partial charge in [-0.25, -0.2) is 0 Å². The first-order valence-electron chi connectivity index (χ1n) is 10.9. The second-order valence-electron chi connectivity index (χ2n) is 9.08. The predicted octanol–water partition coefficient (Wildman–Crippen LogP) is 8.01. The van der Waals surface area contributed by atoms with E-state index in [9.17, 15) is 0 Å². The maximum absolute atomic E-state index is 7.08. The molecule has 1 nitrogen and oxygen atoms in total. The van der Waals surface area contributed by atoms with Crippen LogP contribution in [-0.2, 0) is 10.0 Å². The summed E-state index contributed by atoms with van der Waals surface area (Å²) in [4.78, 5) is 0. The van der Waals surface area contributed by atoms with Crippen LogP contribution in [0.5, 0.6) is 0 Å². The lowest BCUT2D eigenvalue weighted by molar-refractivity contribution is 0.125. The summed E-state index contributed by atoms with van der Waals surface area (Å²) in [6, 6.07) is 14.3. The Morgan fingerprint density at radius 3 is 2.19 bits per heavy atom. The average molecular weight is 385 g/mol. The lowest BCUT2D eigenvalue weighted by Crippen LogP contribution is -2.43. The molecule has 0 amide bonds. The van der Waals surface area contributed by atoms with E-state index < -0.39 is 8.32 Å². The summed E-state index contributed by atoms with van der Waals surface area (Å²) in [5, 5.41) is 0. The van der Waals surface area contributed by atoms with Gasteiger partial charge < -0.3 is 4.43 Å². The number of allylic oxidation sites excluding steroid dienone is 3. The quantitative estimate of drug-likeness (QED) is 0.412. The van der Waals surface area contributed by atoms with Crippen molar-refractivity contribution in [2.75, 3.05) is 0 Å². The molecule has 0 heterocycles. The van der Waals surface area contributed by atoms with Crippen LogP contribution in [0.4, 0.5) is 0 Å². The van der Waals surface area contributed by atoms with E-state index in [0.29, 0.717) is 0 Å². The molecule has 0 fully saturated rings. The van der Waals surface area contributed by atoms with Crippen molar-refractivity contribution in [2.24, 2.45) is 5.41 Å². The molecule has 1 aromatic carbocycles. The monoisotopic (exact) mass is 384 g/mol. The zero-order valence-corrected chi connectivity index (χ0v) is 19.7. The van der Waals surface area contributed by atoms with E-state index >= 15 is 0 Å². The third-order valence-corrected chi connectivity index (χ3v) is 11.5. The van der Waals surface area contributed by atoms with Crippen molar-refractivity contribution in [3.63, 3.8) is 0 Å². The maximum Gasteiger partial charge on any atom is 0.193 e. The molecule has 1 atom stereocenters. The fraction of sp³-hybridized carbons (Fsp3) is 0.600. The second kappa shape index (κ2) is 8.92. The normalized spacial score (nSPS) is 20.1. The van der Waals surface area contributed by atoms with Crippen molar-refractivity contribution in [3.8, 4) is 0 Å². The Bertz CT molecular complexity index is 659. The molecule has 0 aromatic heterocycles. The molecular weight excluding hydrogens is 344 g/mol. The van der Waals surface area contributed by atoms with Gasteiger partial charge in [-0.1, -0.05) is 76.6 Å². The molecule has 0 N–H and O–H groups in total. The Morgan fingerprint density at radius 2 is 1.67 bits per heavy atom. The van der Waals surface area contributed by atoms with Gasteiger partial charge in [-0.3, -0.25) is 0 Å². The van der Waals surface area contributed by atoms with E-state index in [0.717, 1.165) is 0 Å². The van der Waals surface area contributed by atoms with E-state index in [-0.39, 0.29) is 11.0 Å². The van der Waals surface area contributed by atoms with Crippen LogP contribution in [0.15, 0.2) is 53.6 Å². The average Bonchev–Trinajstić information content (AvgIpc) is 2.66. The minimum Gasteiger partial charge on any atom is -0.404 e. The highest BCUT2D eigenvalue weighted by Gasteiger charge is 2.38. The predicted molar refractivity (Wildman–Crippen MR) is 122 cm³/mol. The fourth-order valence-electron chi connectivity index (χ4n) is 4.63. The summed E-state index contributed by atoms with van der Waals surface area (Å²) < 4.78 is 7.08. The van der Waals surface area contributed by atoms with Gasteiger partial charge in [0.2, 0.25) is 0 Å².